The van der Waals surface area contributed by atoms with Gasteiger partial charge >= 0.3 is 0 Å². The molecule has 3 N–H and O–H groups in total. The number of hydrogen-bond acceptors (Lipinski definition) is 8. The van der Waals surface area contributed by atoms with E-state index in [0.29, 0.717) is 65.1 Å². The average molecular weight is 489 g/mol. The summed E-state index contributed by atoms with van der Waals surface area (Å²) in [4.78, 5) is 27.2. The molecule has 0 saturated heterocycles. The molecule has 2 aliphatic heterocycles. The zero-order valence-electron chi connectivity index (χ0n) is 20.0. The van der Waals surface area contributed by atoms with Crippen molar-refractivity contribution in [2.24, 2.45) is 0 Å². The van der Waals surface area contributed by atoms with Gasteiger partial charge in [0.15, 0.2) is 5.82 Å². The van der Waals surface area contributed by atoms with Crippen molar-refractivity contribution in [1.82, 2.24) is 29.6 Å². The van der Waals surface area contributed by atoms with Crippen LogP contribution < -0.4 is 15.8 Å². The third-order valence-corrected chi connectivity index (χ3v) is 6.83. The van der Waals surface area contributed by atoms with Crippen molar-refractivity contribution in [3.8, 4) is 17.1 Å². The number of nitrogens with zero attached hydrogens (tertiary/aromatic N) is 6. The van der Waals surface area contributed by atoms with Crippen LogP contribution in [0.1, 0.15) is 29.4 Å². The molecule has 0 saturated carbocycles. The largest absolute Gasteiger partial charge is 0.477 e. The minimum atomic E-state index is -1.13. The van der Waals surface area contributed by atoms with E-state index < -0.39 is 6.17 Å². The molecule has 36 heavy (non-hydrogen) atoms. The molecule has 0 aromatic carbocycles. The van der Waals surface area contributed by atoms with E-state index in [-0.39, 0.29) is 12.5 Å². The van der Waals surface area contributed by atoms with E-state index in [2.05, 4.69) is 25.4 Å². The lowest BCUT2D eigenvalue weighted by Crippen LogP contribution is -2.29. The molecule has 4 aromatic heterocycles. The van der Waals surface area contributed by atoms with Crippen molar-refractivity contribution in [3.63, 3.8) is 0 Å². The fourth-order valence-corrected chi connectivity index (χ4v) is 4.76. The van der Waals surface area contributed by atoms with Crippen molar-refractivity contribution in [2.75, 3.05) is 31.2 Å². The van der Waals surface area contributed by atoms with Crippen LogP contribution in [0, 0.1) is 6.92 Å². The van der Waals surface area contributed by atoms with Gasteiger partial charge in [0.2, 0.25) is 11.8 Å². The number of alkyl halides is 1. The van der Waals surface area contributed by atoms with Crippen molar-refractivity contribution < 1.29 is 13.9 Å². The molecule has 1 amide bonds. The topological polar surface area (TPSA) is 124 Å². The smallest absolute Gasteiger partial charge is 0.244 e. The summed E-state index contributed by atoms with van der Waals surface area (Å²) < 4.78 is 21.9. The number of carbonyl (C=O) groups excluding carboxylic acids is 1. The SMILES string of the molecule is Cc1c(-c2cc3cc(Nc4cc5n(n4)CC(=O)N(C)CC5)ncc3c(N)n2)cnc2c1[C@@H](F)CCO2. The van der Waals surface area contributed by atoms with Gasteiger partial charge in [0, 0.05) is 61.5 Å². The number of carbonyl (C=O) groups is 1. The van der Waals surface area contributed by atoms with Crippen molar-refractivity contribution >= 4 is 34.1 Å². The van der Waals surface area contributed by atoms with Crippen LogP contribution in [0.4, 0.5) is 21.8 Å². The lowest BCUT2D eigenvalue weighted by molar-refractivity contribution is -0.130. The van der Waals surface area contributed by atoms with Crippen LogP contribution in [0.25, 0.3) is 22.0 Å². The van der Waals surface area contributed by atoms with Gasteiger partial charge < -0.3 is 20.7 Å². The highest BCUT2D eigenvalue weighted by Gasteiger charge is 2.26. The molecular weight excluding hydrogens is 463 g/mol. The normalized spacial score (nSPS) is 17.4. The Kier molecular flexibility index (Phi) is 5.20. The Labute approximate surface area is 206 Å². The maximum atomic E-state index is 14.7. The highest BCUT2D eigenvalue weighted by molar-refractivity contribution is 5.95. The number of amides is 1. The molecule has 1 atom stereocenters. The Balaban J connectivity index is 1.34. The molecule has 2 aliphatic rings. The second-order valence-corrected chi connectivity index (χ2v) is 9.17. The number of ether oxygens (including phenoxy) is 1. The molecule has 184 valence electrons. The predicted molar refractivity (Wildman–Crippen MR) is 133 cm³/mol. The molecule has 0 fully saturated rings. The van der Waals surface area contributed by atoms with Gasteiger partial charge in [-0.1, -0.05) is 0 Å². The predicted octanol–water partition coefficient (Wildman–Crippen LogP) is 3.33. The number of nitrogens with one attached hydrogen (secondary N) is 1. The highest BCUT2D eigenvalue weighted by Crippen LogP contribution is 2.39. The van der Waals surface area contributed by atoms with E-state index in [1.165, 1.54) is 0 Å². The number of likely N-dealkylation sites (N-methyl/N-ethyl adjacent to an activating group) is 1. The molecule has 6 rings (SSSR count). The quantitative estimate of drug-likeness (QED) is 0.450. The summed E-state index contributed by atoms with van der Waals surface area (Å²) in [5.74, 6) is 1.88. The lowest BCUT2D eigenvalue weighted by Gasteiger charge is -2.22. The van der Waals surface area contributed by atoms with Crippen LogP contribution in [0.2, 0.25) is 0 Å². The summed E-state index contributed by atoms with van der Waals surface area (Å²) in [6.07, 6.45) is 3.21. The Morgan fingerprint density at radius 3 is 2.92 bits per heavy atom. The van der Waals surface area contributed by atoms with Gasteiger partial charge in [-0.3, -0.25) is 9.48 Å². The number of aromatic nitrogens is 5. The summed E-state index contributed by atoms with van der Waals surface area (Å²) >= 11 is 0. The van der Waals surface area contributed by atoms with E-state index in [4.69, 9.17) is 10.5 Å². The number of pyridine rings is 3. The van der Waals surface area contributed by atoms with Gasteiger partial charge in [-0.05, 0) is 30.0 Å². The minimum Gasteiger partial charge on any atom is -0.477 e. The van der Waals surface area contributed by atoms with Gasteiger partial charge in [-0.25, -0.2) is 19.3 Å². The third kappa shape index (κ3) is 3.76. The van der Waals surface area contributed by atoms with E-state index >= 15 is 0 Å². The third-order valence-electron chi connectivity index (χ3n) is 6.83. The van der Waals surface area contributed by atoms with Crippen LogP contribution in [0.5, 0.6) is 5.88 Å². The van der Waals surface area contributed by atoms with Gasteiger partial charge in [0.1, 0.15) is 24.4 Å². The van der Waals surface area contributed by atoms with Crippen molar-refractivity contribution in [3.05, 3.63) is 47.4 Å². The molecule has 0 unspecified atom stereocenters. The first-order valence-corrected chi connectivity index (χ1v) is 11.8. The molecule has 0 bridgehead atoms. The van der Waals surface area contributed by atoms with Crippen LogP contribution in [0.15, 0.2) is 30.6 Å². The average Bonchev–Trinajstić information content (AvgIpc) is 3.17. The standard InChI is InChI=1S/C25H25FN8O2/c1-13-16(10-29-25-23(13)18(26)4-6-36-25)19-7-14-8-20(28-11-17(14)24(27)30-19)31-21-9-15-3-5-33(2)22(35)12-34(15)32-21/h7-11,18H,3-6,12H2,1-2H3,(H2,27,30)(H,28,31,32)/t18-/m0/s1. The number of anilines is 3. The zero-order chi connectivity index (χ0) is 25.0. The second kappa shape index (κ2) is 8.43. The number of halogens is 1. The number of nitrogens with two attached hydrogens (primary N) is 1. The minimum absolute atomic E-state index is 0.0281. The maximum Gasteiger partial charge on any atom is 0.244 e. The van der Waals surface area contributed by atoms with Crippen LogP contribution in [0.3, 0.4) is 0 Å². The summed E-state index contributed by atoms with van der Waals surface area (Å²) in [6, 6.07) is 5.69. The fourth-order valence-electron chi connectivity index (χ4n) is 4.76. The second-order valence-electron chi connectivity index (χ2n) is 9.17. The lowest BCUT2D eigenvalue weighted by atomic mass is 9.96. The Hall–Kier alpha value is -4.28. The fraction of sp³-hybridized carbons (Fsp3) is 0.320. The van der Waals surface area contributed by atoms with Crippen LogP contribution in [-0.4, -0.2) is 55.7 Å². The van der Waals surface area contributed by atoms with Crippen molar-refractivity contribution in [2.45, 2.75) is 32.5 Å². The summed E-state index contributed by atoms with van der Waals surface area (Å²) in [5.41, 5.74) is 9.77. The first-order valence-electron chi connectivity index (χ1n) is 11.8. The molecule has 4 aromatic rings. The molecule has 0 radical (unpaired) electrons. The number of hydrogen-bond donors (Lipinski definition) is 2. The summed E-state index contributed by atoms with van der Waals surface area (Å²) in [7, 11) is 1.80. The molecule has 0 spiro atoms. The Morgan fingerprint density at radius 1 is 1.19 bits per heavy atom. The number of fused-ring (bicyclic) bond motifs is 3. The summed E-state index contributed by atoms with van der Waals surface area (Å²) in [6.45, 7) is 3.03. The molecule has 6 heterocycles. The maximum absolute atomic E-state index is 14.7. The van der Waals surface area contributed by atoms with Gasteiger partial charge in [0.25, 0.3) is 0 Å². The van der Waals surface area contributed by atoms with Gasteiger partial charge in [0.05, 0.1) is 17.9 Å². The molecule has 10 nitrogen and oxygen atoms in total. The molecule has 11 heteroatoms. The van der Waals surface area contributed by atoms with Crippen LogP contribution >= 0.6 is 0 Å². The van der Waals surface area contributed by atoms with E-state index in [1.54, 1.807) is 29.0 Å². The Morgan fingerprint density at radius 2 is 2.06 bits per heavy atom. The van der Waals surface area contributed by atoms with Crippen LogP contribution in [-0.2, 0) is 17.8 Å². The number of nitrogen functional groups attached to an aromatic ring is 1. The van der Waals surface area contributed by atoms with E-state index in [9.17, 15) is 9.18 Å². The summed E-state index contributed by atoms with van der Waals surface area (Å²) in [5, 5.41) is 9.29. The highest BCUT2D eigenvalue weighted by atomic mass is 19.1. The Bertz CT molecular complexity index is 1520. The zero-order valence-corrected chi connectivity index (χ0v) is 20.0. The monoisotopic (exact) mass is 488 g/mol. The van der Waals surface area contributed by atoms with E-state index in [0.717, 1.165) is 23.1 Å². The van der Waals surface area contributed by atoms with Gasteiger partial charge in [-0.15, -0.1) is 0 Å². The molecular formula is C25H25FN8O2. The first-order chi connectivity index (χ1) is 17.4. The first kappa shape index (κ1) is 22.2. The van der Waals surface area contributed by atoms with Gasteiger partial charge in [-0.2, -0.15) is 5.10 Å². The molecule has 0 aliphatic carbocycles. The number of rotatable bonds is 3. The van der Waals surface area contributed by atoms with Crippen molar-refractivity contribution in [1.29, 1.82) is 0 Å². The van der Waals surface area contributed by atoms with E-state index in [1.807, 2.05) is 25.1 Å².